The molecule has 1 aromatic carbocycles. The van der Waals surface area contributed by atoms with Crippen LogP contribution < -0.4 is 5.32 Å². The molecule has 1 aliphatic rings. The van der Waals surface area contributed by atoms with Crippen molar-refractivity contribution >= 4 is 0 Å². The second-order valence-electron chi connectivity index (χ2n) is 6.34. The van der Waals surface area contributed by atoms with Crippen LogP contribution in [-0.2, 0) is 0 Å². The number of hydrogen-bond donors (Lipinski definition) is 1. The summed E-state index contributed by atoms with van der Waals surface area (Å²) in [5, 5.41) is 3.51. The maximum atomic E-state index is 3.51. The normalized spacial score (nSPS) is 18.9. The molecule has 1 saturated heterocycles. The lowest BCUT2D eigenvalue weighted by atomic mass is 9.98. The highest BCUT2D eigenvalue weighted by molar-refractivity contribution is 5.33. The molecule has 1 N–H and O–H groups in total. The summed E-state index contributed by atoms with van der Waals surface area (Å²) in [6, 6.07) is 7.24. The molecule has 1 aliphatic heterocycles. The number of hydrogen-bond acceptors (Lipinski definition) is 3. The topological polar surface area (TPSA) is 18.5 Å². The fraction of sp³-hybridized carbons (Fsp3) is 0.667. The van der Waals surface area contributed by atoms with Crippen molar-refractivity contribution in [3.63, 3.8) is 0 Å². The van der Waals surface area contributed by atoms with E-state index in [2.05, 4.69) is 61.1 Å². The molecule has 3 heteroatoms. The monoisotopic (exact) mass is 289 g/mol. The molecule has 0 aliphatic carbocycles. The number of nitrogens with one attached hydrogen (secondary N) is 1. The quantitative estimate of drug-likeness (QED) is 0.868. The van der Waals surface area contributed by atoms with Gasteiger partial charge in [-0.25, -0.2) is 0 Å². The van der Waals surface area contributed by atoms with E-state index in [0.29, 0.717) is 6.04 Å². The zero-order chi connectivity index (χ0) is 15.2. The summed E-state index contributed by atoms with van der Waals surface area (Å²) in [5.74, 6) is 0. The van der Waals surface area contributed by atoms with E-state index in [0.717, 1.165) is 6.54 Å². The van der Waals surface area contributed by atoms with Gasteiger partial charge in [0, 0.05) is 38.8 Å². The third kappa shape index (κ3) is 4.53. The molecule has 1 atom stereocenters. The predicted octanol–water partition coefficient (Wildman–Crippen LogP) is 2.59. The first-order valence-electron chi connectivity index (χ1n) is 8.33. The van der Waals surface area contributed by atoms with Crippen molar-refractivity contribution in [2.45, 2.75) is 33.2 Å². The molecule has 1 heterocycles. The predicted molar refractivity (Wildman–Crippen MR) is 90.9 cm³/mol. The van der Waals surface area contributed by atoms with Gasteiger partial charge in [-0.05, 0) is 45.0 Å². The molecule has 118 valence electrons. The Morgan fingerprint density at radius 1 is 1.10 bits per heavy atom. The van der Waals surface area contributed by atoms with Gasteiger partial charge in [-0.2, -0.15) is 0 Å². The Hall–Kier alpha value is -0.900. The molecule has 0 aromatic heterocycles. The van der Waals surface area contributed by atoms with Crippen molar-refractivity contribution in [3.8, 4) is 0 Å². The average molecular weight is 289 g/mol. The molecule has 0 amide bonds. The van der Waals surface area contributed by atoms with Gasteiger partial charge in [0.05, 0.1) is 0 Å². The van der Waals surface area contributed by atoms with Crippen molar-refractivity contribution in [1.29, 1.82) is 0 Å². The van der Waals surface area contributed by atoms with Crippen molar-refractivity contribution < 1.29 is 0 Å². The molecule has 1 unspecified atom stereocenters. The highest BCUT2D eigenvalue weighted by Gasteiger charge is 2.20. The molecule has 0 radical (unpaired) electrons. The van der Waals surface area contributed by atoms with E-state index < -0.39 is 0 Å². The van der Waals surface area contributed by atoms with E-state index in [1.165, 1.54) is 55.8 Å². The highest BCUT2D eigenvalue weighted by atomic mass is 15.3. The molecular formula is C18H31N3. The highest BCUT2D eigenvalue weighted by Crippen LogP contribution is 2.20. The Kier molecular flexibility index (Phi) is 6.22. The van der Waals surface area contributed by atoms with Crippen LogP contribution in [-0.4, -0.2) is 56.1 Å². The number of benzene rings is 1. The van der Waals surface area contributed by atoms with Gasteiger partial charge in [0.1, 0.15) is 0 Å². The number of likely N-dealkylation sites (N-methyl/N-ethyl adjacent to an activating group) is 1. The van der Waals surface area contributed by atoms with Crippen LogP contribution in [0, 0.1) is 13.8 Å². The van der Waals surface area contributed by atoms with Crippen LogP contribution in [0.1, 0.15) is 36.1 Å². The molecular weight excluding hydrogens is 258 g/mol. The van der Waals surface area contributed by atoms with Gasteiger partial charge in [0.25, 0.3) is 0 Å². The summed E-state index contributed by atoms with van der Waals surface area (Å²) >= 11 is 0. The van der Waals surface area contributed by atoms with E-state index in [1.807, 2.05) is 0 Å². The van der Waals surface area contributed by atoms with Crippen LogP contribution >= 0.6 is 0 Å². The maximum Gasteiger partial charge on any atom is 0.0449 e. The minimum atomic E-state index is 0.434. The van der Waals surface area contributed by atoms with Gasteiger partial charge in [-0.15, -0.1) is 0 Å². The van der Waals surface area contributed by atoms with E-state index in [1.54, 1.807) is 0 Å². The molecule has 1 aromatic rings. The molecule has 1 fully saturated rings. The summed E-state index contributed by atoms with van der Waals surface area (Å²) in [6.45, 7) is 13.9. The van der Waals surface area contributed by atoms with Crippen LogP contribution in [0.15, 0.2) is 18.2 Å². The minimum absolute atomic E-state index is 0.434. The van der Waals surface area contributed by atoms with E-state index >= 15 is 0 Å². The lowest BCUT2D eigenvalue weighted by Crippen LogP contribution is -2.48. The second-order valence-corrected chi connectivity index (χ2v) is 6.34. The molecule has 0 saturated carbocycles. The second kappa shape index (κ2) is 7.92. The summed E-state index contributed by atoms with van der Waals surface area (Å²) in [5.41, 5.74) is 4.19. The standard InChI is InChI=1S/C18H31N3/c1-5-8-20-9-11-21(12-10-20)14-18(19-4)17-7-6-15(2)13-16(17)3/h6-7,13,18-19H,5,8-12,14H2,1-4H3. The number of piperazine rings is 1. The maximum absolute atomic E-state index is 3.51. The molecule has 21 heavy (non-hydrogen) atoms. The van der Waals surface area contributed by atoms with E-state index in [4.69, 9.17) is 0 Å². The third-order valence-corrected chi connectivity index (χ3v) is 4.59. The Balaban J connectivity index is 1.94. The van der Waals surface area contributed by atoms with Gasteiger partial charge < -0.3 is 10.2 Å². The molecule has 0 bridgehead atoms. The first-order valence-corrected chi connectivity index (χ1v) is 8.33. The smallest absolute Gasteiger partial charge is 0.0449 e. The van der Waals surface area contributed by atoms with Crippen LogP contribution in [0.4, 0.5) is 0 Å². The Bertz CT molecular complexity index is 436. The third-order valence-electron chi connectivity index (χ3n) is 4.59. The SMILES string of the molecule is CCCN1CCN(CC(NC)c2ccc(C)cc2C)CC1. The van der Waals surface area contributed by atoms with Gasteiger partial charge in [-0.1, -0.05) is 30.7 Å². The van der Waals surface area contributed by atoms with Crippen molar-refractivity contribution in [3.05, 3.63) is 34.9 Å². The summed E-state index contributed by atoms with van der Waals surface area (Å²) in [7, 11) is 2.08. The van der Waals surface area contributed by atoms with Gasteiger partial charge >= 0.3 is 0 Å². The average Bonchev–Trinajstić information content (AvgIpc) is 2.47. The Morgan fingerprint density at radius 2 is 1.76 bits per heavy atom. The first-order chi connectivity index (χ1) is 10.1. The van der Waals surface area contributed by atoms with Crippen molar-refractivity contribution in [1.82, 2.24) is 15.1 Å². The fourth-order valence-electron chi connectivity index (χ4n) is 3.33. The first kappa shape index (κ1) is 16.5. The Labute approximate surface area is 130 Å². The molecule has 3 nitrogen and oxygen atoms in total. The van der Waals surface area contributed by atoms with Crippen LogP contribution in [0.25, 0.3) is 0 Å². The van der Waals surface area contributed by atoms with E-state index in [-0.39, 0.29) is 0 Å². The lowest BCUT2D eigenvalue weighted by molar-refractivity contribution is 0.124. The minimum Gasteiger partial charge on any atom is -0.312 e. The van der Waals surface area contributed by atoms with Gasteiger partial charge in [-0.3, -0.25) is 4.90 Å². The molecule has 2 rings (SSSR count). The Morgan fingerprint density at radius 3 is 2.33 bits per heavy atom. The summed E-state index contributed by atoms with van der Waals surface area (Å²) in [6.07, 6.45) is 1.27. The summed E-state index contributed by atoms with van der Waals surface area (Å²) < 4.78 is 0. The number of rotatable bonds is 6. The van der Waals surface area contributed by atoms with Crippen molar-refractivity contribution in [2.24, 2.45) is 0 Å². The van der Waals surface area contributed by atoms with Crippen LogP contribution in [0.5, 0.6) is 0 Å². The molecule has 0 spiro atoms. The number of aryl methyl sites for hydroxylation is 2. The van der Waals surface area contributed by atoms with Gasteiger partial charge in [0.15, 0.2) is 0 Å². The van der Waals surface area contributed by atoms with Gasteiger partial charge in [0.2, 0.25) is 0 Å². The van der Waals surface area contributed by atoms with E-state index in [9.17, 15) is 0 Å². The lowest BCUT2D eigenvalue weighted by Gasteiger charge is -2.36. The van der Waals surface area contributed by atoms with Crippen molar-refractivity contribution in [2.75, 3.05) is 46.3 Å². The van der Waals surface area contributed by atoms with Crippen LogP contribution in [0.3, 0.4) is 0 Å². The zero-order valence-electron chi connectivity index (χ0n) is 14.2. The fourth-order valence-corrected chi connectivity index (χ4v) is 3.33. The summed E-state index contributed by atoms with van der Waals surface area (Å²) in [4.78, 5) is 5.19. The largest absolute Gasteiger partial charge is 0.312 e. The van der Waals surface area contributed by atoms with Crippen LogP contribution in [0.2, 0.25) is 0 Å². The zero-order valence-corrected chi connectivity index (χ0v) is 14.2. The number of nitrogens with zero attached hydrogens (tertiary/aromatic N) is 2.